The quantitative estimate of drug-likeness (QED) is 0.555. The summed E-state index contributed by atoms with van der Waals surface area (Å²) in [6.07, 6.45) is 9.31. The molecular weight excluding hydrogens is 144 g/mol. The van der Waals surface area contributed by atoms with Crippen LogP contribution in [0.2, 0.25) is 0 Å². The highest BCUT2D eigenvalue weighted by Gasteiger charge is 2.73. The molecule has 4 unspecified atom stereocenters. The smallest absolute Gasteiger partial charge is 0.0209 e. The van der Waals surface area contributed by atoms with Crippen molar-refractivity contribution in [3.05, 3.63) is 0 Å². The Morgan fingerprint density at radius 1 is 1.17 bits per heavy atom. The molecule has 3 saturated carbocycles. The van der Waals surface area contributed by atoms with E-state index in [1.54, 1.807) is 25.7 Å². The van der Waals surface area contributed by atoms with Gasteiger partial charge in [-0.15, -0.1) is 0 Å². The molecule has 0 spiro atoms. The lowest BCUT2D eigenvalue weighted by Gasteiger charge is -2.38. The fourth-order valence-electron chi connectivity index (χ4n) is 4.25. The van der Waals surface area contributed by atoms with Gasteiger partial charge in [0.05, 0.1) is 0 Å². The summed E-state index contributed by atoms with van der Waals surface area (Å²) < 4.78 is 0. The van der Waals surface area contributed by atoms with Crippen molar-refractivity contribution in [1.29, 1.82) is 0 Å². The van der Waals surface area contributed by atoms with E-state index in [1.807, 2.05) is 0 Å². The van der Waals surface area contributed by atoms with Crippen LogP contribution in [0.3, 0.4) is 0 Å². The molecule has 0 heterocycles. The van der Waals surface area contributed by atoms with Crippen LogP contribution in [0.4, 0.5) is 0 Å². The molecule has 0 saturated heterocycles. The third-order valence-corrected chi connectivity index (χ3v) is 5.38. The average Bonchev–Trinajstić information content (AvgIpc) is 2.42. The van der Waals surface area contributed by atoms with E-state index in [0.717, 1.165) is 22.7 Å². The van der Waals surface area contributed by atoms with Crippen molar-refractivity contribution in [1.82, 2.24) is 0 Å². The molecule has 3 aliphatic rings. The Morgan fingerprint density at radius 2 is 2.00 bits per heavy atom. The third kappa shape index (κ3) is 0.661. The van der Waals surface area contributed by atoms with Crippen LogP contribution in [0.25, 0.3) is 0 Å². The minimum absolute atomic E-state index is 0.835. The Bertz CT molecular complexity index is 220. The molecule has 0 heteroatoms. The predicted octanol–water partition coefficient (Wildman–Crippen LogP) is 3.61. The van der Waals surface area contributed by atoms with Gasteiger partial charge in [0.25, 0.3) is 0 Å². The topological polar surface area (TPSA) is 0 Å². The molecule has 0 nitrogen and oxygen atoms in total. The molecule has 0 aromatic carbocycles. The zero-order valence-corrected chi connectivity index (χ0v) is 8.40. The van der Waals surface area contributed by atoms with Gasteiger partial charge in [0.2, 0.25) is 0 Å². The van der Waals surface area contributed by atoms with Crippen molar-refractivity contribution in [2.75, 3.05) is 0 Å². The van der Waals surface area contributed by atoms with Crippen LogP contribution in [0.1, 0.15) is 52.4 Å². The molecular formula is C12H20. The second kappa shape index (κ2) is 1.91. The second-order valence-corrected chi connectivity index (χ2v) is 6.01. The van der Waals surface area contributed by atoms with Gasteiger partial charge < -0.3 is 0 Å². The lowest BCUT2D eigenvalue weighted by atomic mass is 9.67. The number of hydrogen-bond donors (Lipinski definition) is 0. The zero-order chi connectivity index (χ0) is 8.40. The maximum absolute atomic E-state index is 2.53. The number of rotatable bonds is 1. The summed E-state index contributed by atoms with van der Waals surface area (Å²) in [5, 5.41) is 0. The Hall–Kier alpha value is 0. The molecule has 68 valence electrons. The van der Waals surface area contributed by atoms with Crippen molar-refractivity contribution in [3.8, 4) is 0 Å². The summed E-state index contributed by atoms with van der Waals surface area (Å²) in [6, 6.07) is 0. The summed E-state index contributed by atoms with van der Waals surface area (Å²) in [5.41, 5.74) is 1.72. The van der Waals surface area contributed by atoms with Crippen LogP contribution < -0.4 is 0 Å². The molecule has 3 rings (SSSR count). The van der Waals surface area contributed by atoms with E-state index in [1.165, 1.54) is 12.8 Å². The molecule has 4 atom stereocenters. The molecule has 0 amide bonds. The first-order chi connectivity index (χ1) is 5.66. The van der Waals surface area contributed by atoms with E-state index >= 15 is 0 Å². The van der Waals surface area contributed by atoms with Gasteiger partial charge in [0, 0.05) is 0 Å². The molecule has 12 heavy (non-hydrogen) atoms. The van der Waals surface area contributed by atoms with Gasteiger partial charge in [-0.1, -0.05) is 20.3 Å². The Morgan fingerprint density at radius 3 is 2.33 bits per heavy atom. The fraction of sp³-hybridized carbons (Fsp3) is 1.00. The van der Waals surface area contributed by atoms with Crippen LogP contribution in [-0.4, -0.2) is 0 Å². The molecule has 3 fully saturated rings. The summed E-state index contributed by atoms with van der Waals surface area (Å²) in [4.78, 5) is 0. The molecule has 0 radical (unpaired) electrons. The van der Waals surface area contributed by atoms with Crippen LogP contribution in [-0.2, 0) is 0 Å². The highest BCUT2D eigenvalue weighted by Crippen LogP contribution is 2.82. The van der Waals surface area contributed by atoms with E-state index < -0.39 is 0 Å². The summed E-state index contributed by atoms with van der Waals surface area (Å²) >= 11 is 0. The van der Waals surface area contributed by atoms with Gasteiger partial charge >= 0.3 is 0 Å². The van der Waals surface area contributed by atoms with Crippen molar-refractivity contribution >= 4 is 0 Å². The molecule has 3 aliphatic carbocycles. The third-order valence-electron chi connectivity index (χ3n) is 5.38. The first-order valence-electron chi connectivity index (χ1n) is 5.66. The van der Waals surface area contributed by atoms with Gasteiger partial charge in [-0.3, -0.25) is 0 Å². The largest absolute Gasteiger partial charge is 0.0625 e. The molecule has 0 aromatic rings. The van der Waals surface area contributed by atoms with Crippen LogP contribution in [0.5, 0.6) is 0 Å². The van der Waals surface area contributed by atoms with E-state index in [2.05, 4.69) is 13.8 Å². The Kier molecular flexibility index (Phi) is 1.18. The van der Waals surface area contributed by atoms with Crippen molar-refractivity contribution in [2.45, 2.75) is 52.4 Å². The SMILES string of the molecule is CC1CCC(C23CCC2(C)C3)C1. The van der Waals surface area contributed by atoms with Gasteiger partial charge in [-0.2, -0.15) is 0 Å². The summed E-state index contributed by atoms with van der Waals surface area (Å²) in [7, 11) is 0. The monoisotopic (exact) mass is 164 g/mol. The summed E-state index contributed by atoms with van der Waals surface area (Å²) in [6.45, 7) is 4.97. The maximum Gasteiger partial charge on any atom is -0.0209 e. The van der Waals surface area contributed by atoms with E-state index in [4.69, 9.17) is 0 Å². The molecule has 0 aliphatic heterocycles. The van der Waals surface area contributed by atoms with Crippen molar-refractivity contribution < 1.29 is 0 Å². The highest BCUT2D eigenvalue weighted by atomic mass is 14.8. The van der Waals surface area contributed by atoms with Gasteiger partial charge in [-0.25, -0.2) is 0 Å². The van der Waals surface area contributed by atoms with Crippen molar-refractivity contribution in [3.63, 3.8) is 0 Å². The first kappa shape index (κ1) is 7.41. The maximum atomic E-state index is 2.53. The van der Waals surface area contributed by atoms with Crippen LogP contribution >= 0.6 is 0 Å². The predicted molar refractivity (Wildman–Crippen MR) is 50.9 cm³/mol. The van der Waals surface area contributed by atoms with E-state index in [0.29, 0.717) is 0 Å². The Labute approximate surface area is 75.7 Å². The second-order valence-electron chi connectivity index (χ2n) is 6.01. The lowest BCUT2D eigenvalue weighted by molar-refractivity contribution is 0.117. The first-order valence-corrected chi connectivity index (χ1v) is 5.66. The van der Waals surface area contributed by atoms with Gasteiger partial charge in [0.15, 0.2) is 0 Å². The zero-order valence-electron chi connectivity index (χ0n) is 8.40. The van der Waals surface area contributed by atoms with E-state index in [9.17, 15) is 0 Å². The fourth-order valence-corrected chi connectivity index (χ4v) is 4.25. The van der Waals surface area contributed by atoms with Crippen LogP contribution in [0, 0.1) is 22.7 Å². The number of hydrogen-bond acceptors (Lipinski definition) is 0. The Balaban J connectivity index is 1.76. The van der Waals surface area contributed by atoms with Gasteiger partial charge in [-0.05, 0) is 54.8 Å². The molecule has 0 bridgehead atoms. The lowest BCUT2D eigenvalue weighted by Crippen LogP contribution is -2.29. The number of fused-ring (bicyclic) bond motifs is 1. The van der Waals surface area contributed by atoms with Gasteiger partial charge in [0.1, 0.15) is 0 Å². The highest BCUT2D eigenvalue weighted by molar-refractivity contribution is 5.22. The molecule has 0 aromatic heterocycles. The summed E-state index contributed by atoms with van der Waals surface area (Å²) in [5.74, 6) is 2.17. The minimum atomic E-state index is 0.835. The molecule has 0 N–H and O–H groups in total. The van der Waals surface area contributed by atoms with Crippen LogP contribution in [0.15, 0.2) is 0 Å². The van der Waals surface area contributed by atoms with Crippen molar-refractivity contribution in [2.24, 2.45) is 22.7 Å². The normalized spacial score (nSPS) is 62.5. The standard InChI is InChI=1S/C12H20/c1-9-3-4-10(7-9)12-6-5-11(12,2)8-12/h9-10H,3-8H2,1-2H3. The van der Waals surface area contributed by atoms with E-state index in [-0.39, 0.29) is 0 Å². The minimum Gasteiger partial charge on any atom is -0.0625 e. The average molecular weight is 164 g/mol.